The van der Waals surface area contributed by atoms with Crippen molar-refractivity contribution in [3.05, 3.63) is 12.7 Å². The van der Waals surface area contributed by atoms with Crippen LogP contribution in [-0.2, 0) is 42.9 Å². The molecule has 1 saturated heterocycles. The van der Waals surface area contributed by atoms with Gasteiger partial charge in [0, 0.05) is 0 Å². The summed E-state index contributed by atoms with van der Waals surface area (Å²) in [5.74, 6) is -2.19. The van der Waals surface area contributed by atoms with Gasteiger partial charge in [0.15, 0.2) is 18.3 Å². The molecule has 0 aromatic heterocycles. The van der Waals surface area contributed by atoms with Crippen LogP contribution in [0, 0.1) is 21.7 Å². The van der Waals surface area contributed by atoms with E-state index in [2.05, 4.69) is 6.58 Å². The van der Waals surface area contributed by atoms with Gasteiger partial charge in [-0.2, -0.15) is 0 Å². The molecule has 5 atom stereocenters. The Morgan fingerprint density at radius 2 is 0.947 bits per heavy atom. The fraction of sp³-hybridized carbons (Fsp3) is 0.793. The molecule has 1 heterocycles. The van der Waals surface area contributed by atoms with Crippen LogP contribution in [0.5, 0.6) is 0 Å². The Morgan fingerprint density at radius 3 is 1.29 bits per heavy atom. The van der Waals surface area contributed by atoms with Gasteiger partial charge in [0.1, 0.15) is 18.8 Å². The third-order valence-electron chi connectivity index (χ3n) is 5.69. The summed E-state index contributed by atoms with van der Waals surface area (Å²) in [6, 6.07) is 0. The van der Waals surface area contributed by atoms with Crippen molar-refractivity contribution in [2.75, 3.05) is 6.61 Å². The van der Waals surface area contributed by atoms with Crippen LogP contribution in [-0.4, -0.2) is 61.0 Å². The van der Waals surface area contributed by atoms with E-state index in [1.165, 1.54) is 0 Å². The molecule has 0 spiro atoms. The van der Waals surface area contributed by atoms with Crippen molar-refractivity contribution >= 4 is 23.9 Å². The predicted octanol–water partition coefficient (Wildman–Crippen LogP) is 4.79. The molecule has 0 aromatic rings. The van der Waals surface area contributed by atoms with E-state index in [4.69, 9.17) is 23.7 Å². The molecule has 9 nitrogen and oxygen atoms in total. The number of esters is 4. The molecule has 38 heavy (non-hydrogen) atoms. The molecule has 0 radical (unpaired) electrons. The highest BCUT2D eigenvalue weighted by Gasteiger charge is 2.54. The molecule has 0 bridgehead atoms. The minimum Gasteiger partial charge on any atom is -0.462 e. The van der Waals surface area contributed by atoms with Crippen LogP contribution in [0.1, 0.15) is 89.5 Å². The SMILES string of the molecule is C=CCC1OC(COC(=O)C(C)(C)C)C(OC(=O)C(C)(C)C)C(OC(=O)C(C)(C)C)C1OC(=O)C(C)(C)C. The number of carbonyl (C=O) groups excluding carboxylic acids is 4. The molecule has 1 fully saturated rings. The number of rotatable bonds is 7. The summed E-state index contributed by atoms with van der Waals surface area (Å²) in [4.78, 5) is 51.7. The van der Waals surface area contributed by atoms with Gasteiger partial charge >= 0.3 is 23.9 Å². The van der Waals surface area contributed by atoms with Gasteiger partial charge in [-0.15, -0.1) is 6.58 Å². The van der Waals surface area contributed by atoms with Gasteiger partial charge < -0.3 is 23.7 Å². The van der Waals surface area contributed by atoms with Crippen molar-refractivity contribution in [2.24, 2.45) is 21.7 Å². The Balaban J connectivity index is 3.64. The van der Waals surface area contributed by atoms with Crippen molar-refractivity contribution in [1.82, 2.24) is 0 Å². The molecule has 1 aliphatic heterocycles. The van der Waals surface area contributed by atoms with Gasteiger partial charge in [0.25, 0.3) is 0 Å². The summed E-state index contributed by atoms with van der Waals surface area (Å²) in [6.07, 6.45) is -3.55. The fourth-order valence-corrected chi connectivity index (χ4v) is 3.17. The average molecular weight is 541 g/mol. The minimum atomic E-state index is -1.23. The smallest absolute Gasteiger partial charge is 0.311 e. The molecule has 5 unspecified atom stereocenters. The molecule has 218 valence electrons. The van der Waals surface area contributed by atoms with E-state index in [9.17, 15) is 19.2 Å². The molecule has 0 saturated carbocycles. The summed E-state index contributed by atoms with van der Waals surface area (Å²) < 4.78 is 29.5. The maximum Gasteiger partial charge on any atom is 0.311 e. The van der Waals surface area contributed by atoms with Gasteiger partial charge in [-0.3, -0.25) is 19.2 Å². The molecule has 0 N–H and O–H groups in total. The van der Waals surface area contributed by atoms with E-state index in [-0.39, 0.29) is 13.0 Å². The Labute approximate surface area is 227 Å². The van der Waals surface area contributed by atoms with Crippen molar-refractivity contribution in [2.45, 2.75) is 120 Å². The molecule has 9 heteroatoms. The molecule has 0 amide bonds. The lowest BCUT2D eigenvalue weighted by molar-refractivity contribution is -0.259. The standard InChI is InChI=1S/C29H48O9/c1-14-15-17-19(36-23(31)27(5,6)7)21(38-25(33)29(11,12)13)20(37-24(32)28(8,9)10)18(35-17)16-34-22(30)26(2,3)4/h14,17-21H,1,15-16H2,2-13H3. The van der Waals surface area contributed by atoms with E-state index >= 15 is 0 Å². The zero-order valence-electron chi connectivity index (χ0n) is 25.3. The minimum absolute atomic E-state index is 0.231. The van der Waals surface area contributed by atoms with E-state index in [1.54, 1.807) is 89.2 Å². The Kier molecular flexibility index (Phi) is 10.8. The normalized spacial score (nSPS) is 24.7. The van der Waals surface area contributed by atoms with Crippen molar-refractivity contribution in [1.29, 1.82) is 0 Å². The first-order valence-corrected chi connectivity index (χ1v) is 13.1. The Hall–Kier alpha value is -2.42. The Bertz CT molecular complexity index is 878. The van der Waals surface area contributed by atoms with Crippen molar-refractivity contribution in [3.63, 3.8) is 0 Å². The van der Waals surface area contributed by atoms with Gasteiger partial charge in [0.2, 0.25) is 0 Å². The number of ether oxygens (including phenoxy) is 5. The van der Waals surface area contributed by atoms with Crippen molar-refractivity contribution in [3.8, 4) is 0 Å². The van der Waals surface area contributed by atoms with Gasteiger partial charge in [0.05, 0.1) is 21.7 Å². The molecule has 0 aromatic carbocycles. The zero-order valence-corrected chi connectivity index (χ0v) is 25.3. The summed E-state index contributed by atoms with van der Waals surface area (Å²) >= 11 is 0. The predicted molar refractivity (Wildman–Crippen MR) is 142 cm³/mol. The quantitative estimate of drug-likeness (QED) is 0.255. The first-order chi connectivity index (χ1) is 17.0. The van der Waals surface area contributed by atoms with Crippen LogP contribution in [0.3, 0.4) is 0 Å². The molecular weight excluding hydrogens is 492 g/mol. The van der Waals surface area contributed by atoms with E-state index < -0.39 is 76.1 Å². The van der Waals surface area contributed by atoms with Gasteiger partial charge in [-0.1, -0.05) is 6.08 Å². The summed E-state index contributed by atoms with van der Waals surface area (Å²) in [7, 11) is 0. The summed E-state index contributed by atoms with van der Waals surface area (Å²) in [6.45, 7) is 23.8. The lowest BCUT2D eigenvalue weighted by Gasteiger charge is -2.46. The summed E-state index contributed by atoms with van der Waals surface area (Å²) in [5, 5.41) is 0. The number of hydrogen-bond donors (Lipinski definition) is 0. The fourth-order valence-electron chi connectivity index (χ4n) is 3.17. The highest BCUT2D eigenvalue weighted by atomic mass is 16.7. The van der Waals surface area contributed by atoms with Crippen LogP contribution in [0.2, 0.25) is 0 Å². The first kappa shape index (κ1) is 33.6. The molecule has 1 aliphatic rings. The first-order valence-electron chi connectivity index (χ1n) is 13.1. The second kappa shape index (κ2) is 12.2. The molecular formula is C29H48O9. The number of carbonyl (C=O) groups is 4. The van der Waals surface area contributed by atoms with E-state index in [0.29, 0.717) is 0 Å². The van der Waals surface area contributed by atoms with E-state index in [0.717, 1.165) is 0 Å². The number of hydrogen-bond acceptors (Lipinski definition) is 9. The second-order valence-corrected chi connectivity index (χ2v) is 13.9. The molecule has 0 aliphatic carbocycles. The molecule has 1 rings (SSSR count). The summed E-state index contributed by atoms with van der Waals surface area (Å²) in [5.41, 5.74) is -3.46. The lowest BCUT2D eigenvalue weighted by Crippen LogP contribution is -2.63. The van der Waals surface area contributed by atoms with Crippen LogP contribution >= 0.6 is 0 Å². The zero-order chi connectivity index (χ0) is 29.9. The average Bonchev–Trinajstić information content (AvgIpc) is 2.73. The monoisotopic (exact) mass is 540 g/mol. The Morgan fingerprint density at radius 1 is 0.605 bits per heavy atom. The third-order valence-corrected chi connectivity index (χ3v) is 5.69. The van der Waals surface area contributed by atoms with Gasteiger partial charge in [-0.05, 0) is 89.5 Å². The lowest BCUT2D eigenvalue weighted by atomic mass is 9.90. The van der Waals surface area contributed by atoms with Crippen molar-refractivity contribution < 1.29 is 42.9 Å². The second-order valence-electron chi connectivity index (χ2n) is 13.9. The third kappa shape index (κ3) is 9.40. The highest BCUT2D eigenvalue weighted by Crippen LogP contribution is 2.35. The highest BCUT2D eigenvalue weighted by molar-refractivity contribution is 5.78. The maximum atomic E-state index is 13.1. The van der Waals surface area contributed by atoms with Crippen LogP contribution in [0.25, 0.3) is 0 Å². The van der Waals surface area contributed by atoms with Crippen LogP contribution < -0.4 is 0 Å². The topological polar surface area (TPSA) is 114 Å². The largest absolute Gasteiger partial charge is 0.462 e. The van der Waals surface area contributed by atoms with Crippen LogP contribution in [0.15, 0.2) is 12.7 Å². The van der Waals surface area contributed by atoms with Crippen LogP contribution in [0.4, 0.5) is 0 Å². The maximum absolute atomic E-state index is 13.1. The van der Waals surface area contributed by atoms with E-state index in [1.807, 2.05) is 0 Å². The van der Waals surface area contributed by atoms with Gasteiger partial charge in [-0.25, -0.2) is 0 Å².